The minimum absolute atomic E-state index is 0.208. The highest BCUT2D eigenvalue weighted by molar-refractivity contribution is 6.30. The molecular formula is C22H25ClN2. The summed E-state index contributed by atoms with van der Waals surface area (Å²) in [6, 6.07) is 16.9. The number of nitrogens with zero attached hydrogens (tertiary/aromatic N) is 2. The summed E-state index contributed by atoms with van der Waals surface area (Å²) in [5, 5.41) is 0.785. The molecular weight excluding hydrogens is 328 g/mol. The molecule has 0 N–H and O–H groups in total. The maximum absolute atomic E-state index is 6.15. The van der Waals surface area contributed by atoms with Crippen LogP contribution in [0.25, 0.3) is 0 Å². The SMILES string of the molecule is CN1C(=NCc2cccc(Cl)c2)C2(CCCCC2)Cc2ccccc21. The van der Waals surface area contributed by atoms with Crippen molar-refractivity contribution in [3.63, 3.8) is 0 Å². The van der Waals surface area contributed by atoms with Crippen LogP contribution in [0.1, 0.15) is 43.2 Å². The second-order valence-corrected chi connectivity index (χ2v) is 7.91. The lowest BCUT2D eigenvalue weighted by Crippen LogP contribution is -2.48. The van der Waals surface area contributed by atoms with Gasteiger partial charge in [-0.2, -0.15) is 0 Å². The van der Waals surface area contributed by atoms with Gasteiger partial charge in [-0.25, -0.2) is 0 Å². The summed E-state index contributed by atoms with van der Waals surface area (Å²) in [7, 11) is 2.19. The lowest BCUT2D eigenvalue weighted by atomic mass is 9.67. The fourth-order valence-corrected chi connectivity index (χ4v) is 4.82. The molecule has 0 unspecified atom stereocenters. The number of amidine groups is 1. The Balaban J connectivity index is 1.72. The Morgan fingerprint density at radius 1 is 1.04 bits per heavy atom. The van der Waals surface area contributed by atoms with Crippen LogP contribution in [-0.2, 0) is 13.0 Å². The average Bonchev–Trinajstić information content (AvgIpc) is 2.62. The van der Waals surface area contributed by atoms with Gasteiger partial charge in [0.15, 0.2) is 0 Å². The zero-order valence-electron chi connectivity index (χ0n) is 14.8. The van der Waals surface area contributed by atoms with Gasteiger partial charge in [0, 0.05) is 23.2 Å². The van der Waals surface area contributed by atoms with Gasteiger partial charge in [0.05, 0.1) is 6.54 Å². The van der Waals surface area contributed by atoms with Crippen molar-refractivity contribution in [2.45, 2.75) is 45.1 Å². The van der Waals surface area contributed by atoms with E-state index in [-0.39, 0.29) is 5.41 Å². The van der Waals surface area contributed by atoms with E-state index >= 15 is 0 Å². The van der Waals surface area contributed by atoms with Crippen LogP contribution in [-0.4, -0.2) is 12.9 Å². The van der Waals surface area contributed by atoms with Crippen molar-refractivity contribution < 1.29 is 0 Å². The molecule has 1 aliphatic carbocycles. The van der Waals surface area contributed by atoms with Gasteiger partial charge < -0.3 is 4.90 Å². The minimum atomic E-state index is 0.208. The van der Waals surface area contributed by atoms with E-state index in [9.17, 15) is 0 Å². The van der Waals surface area contributed by atoms with E-state index in [0.29, 0.717) is 6.54 Å². The smallest absolute Gasteiger partial charge is 0.110 e. The van der Waals surface area contributed by atoms with Crippen molar-refractivity contribution in [3.05, 3.63) is 64.7 Å². The minimum Gasteiger partial charge on any atom is -0.333 e. The van der Waals surface area contributed by atoms with Crippen LogP contribution in [0.4, 0.5) is 5.69 Å². The number of benzene rings is 2. The van der Waals surface area contributed by atoms with Crippen LogP contribution < -0.4 is 4.90 Å². The molecule has 0 saturated heterocycles. The number of fused-ring (bicyclic) bond motifs is 1. The third-order valence-corrected chi connectivity index (χ3v) is 6.02. The highest BCUT2D eigenvalue weighted by atomic mass is 35.5. The molecule has 1 saturated carbocycles. The summed E-state index contributed by atoms with van der Waals surface area (Å²) < 4.78 is 0. The van der Waals surface area contributed by atoms with Crippen LogP contribution in [0.5, 0.6) is 0 Å². The van der Waals surface area contributed by atoms with Crippen LogP contribution in [0.15, 0.2) is 53.5 Å². The number of hydrogen-bond donors (Lipinski definition) is 0. The Morgan fingerprint density at radius 3 is 2.64 bits per heavy atom. The zero-order chi connectivity index (χ0) is 17.3. The molecule has 25 heavy (non-hydrogen) atoms. The van der Waals surface area contributed by atoms with Gasteiger partial charge in [0.1, 0.15) is 5.84 Å². The largest absolute Gasteiger partial charge is 0.333 e. The fourth-order valence-electron chi connectivity index (χ4n) is 4.61. The first kappa shape index (κ1) is 16.7. The molecule has 1 fully saturated rings. The molecule has 4 rings (SSSR count). The summed E-state index contributed by atoms with van der Waals surface area (Å²) in [5.41, 5.74) is 4.16. The molecule has 0 radical (unpaired) electrons. The maximum atomic E-state index is 6.15. The van der Waals surface area contributed by atoms with Crippen molar-refractivity contribution in [3.8, 4) is 0 Å². The Labute approximate surface area is 155 Å². The van der Waals surface area contributed by atoms with E-state index < -0.39 is 0 Å². The second kappa shape index (κ2) is 6.84. The number of aliphatic imine (C=N–C) groups is 1. The van der Waals surface area contributed by atoms with Gasteiger partial charge in [0.25, 0.3) is 0 Å². The van der Waals surface area contributed by atoms with E-state index in [1.165, 1.54) is 54.8 Å². The average molecular weight is 353 g/mol. The lowest BCUT2D eigenvalue weighted by Gasteiger charge is -2.46. The summed E-state index contributed by atoms with van der Waals surface area (Å²) in [6.07, 6.45) is 7.61. The molecule has 2 aromatic rings. The Bertz CT molecular complexity index is 790. The van der Waals surface area contributed by atoms with Gasteiger partial charge in [-0.3, -0.25) is 4.99 Å². The Hall–Kier alpha value is -1.80. The topological polar surface area (TPSA) is 15.6 Å². The lowest BCUT2D eigenvalue weighted by molar-refractivity contribution is 0.274. The Morgan fingerprint density at radius 2 is 1.84 bits per heavy atom. The molecule has 2 aliphatic rings. The highest BCUT2D eigenvalue weighted by Gasteiger charge is 2.43. The molecule has 0 aromatic heterocycles. The van der Waals surface area contributed by atoms with Crippen LogP contribution >= 0.6 is 11.6 Å². The first-order valence-electron chi connectivity index (χ1n) is 9.29. The number of rotatable bonds is 2. The first-order valence-corrected chi connectivity index (χ1v) is 9.67. The molecule has 1 aliphatic heterocycles. The number of para-hydroxylation sites is 1. The van der Waals surface area contributed by atoms with Crippen molar-refractivity contribution in [1.82, 2.24) is 0 Å². The van der Waals surface area contributed by atoms with Gasteiger partial charge in [-0.15, -0.1) is 0 Å². The predicted molar refractivity (Wildman–Crippen MR) is 107 cm³/mol. The molecule has 1 spiro atoms. The predicted octanol–water partition coefficient (Wildman–Crippen LogP) is 5.88. The van der Waals surface area contributed by atoms with Gasteiger partial charge in [-0.05, 0) is 48.6 Å². The van der Waals surface area contributed by atoms with Crippen molar-refractivity contribution >= 4 is 23.1 Å². The van der Waals surface area contributed by atoms with Crippen LogP contribution in [0.2, 0.25) is 5.02 Å². The van der Waals surface area contributed by atoms with E-state index in [2.05, 4.69) is 42.3 Å². The first-order chi connectivity index (χ1) is 12.2. The number of halogens is 1. The van der Waals surface area contributed by atoms with E-state index in [1.807, 2.05) is 18.2 Å². The van der Waals surface area contributed by atoms with Crippen molar-refractivity contribution in [2.24, 2.45) is 10.4 Å². The summed E-state index contributed by atoms with van der Waals surface area (Å²) in [4.78, 5) is 7.48. The molecule has 130 valence electrons. The summed E-state index contributed by atoms with van der Waals surface area (Å²) in [6.45, 7) is 0.699. The molecule has 0 atom stereocenters. The third-order valence-electron chi connectivity index (χ3n) is 5.78. The number of anilines is 1. The third kappa shape index (κ3) is 3.20. The van der Waals surface area contributed by atoms with Gasteiger partial charge >= 0.3 is 0 Å². The van der Waals surface area contributed by atoms with Crippen LogP contribution in [0, 0.1) is 5.41 Å². The van der Waals surface area contributed by atoms with Crippen LogP contribution in [0.3, 0.4) is 0 Å². The number of hydrogen-bond acceptors (Lipinski definition) is 1. The monoisotopic (exact) mass is 352 g/mol. The van der Waals surface area contributed by atoms with E-state index in [0.717, 1.165) is 11.4 Å². The molecule has 2 nitrogen and oxygen atoms in total. The van der Waals surface area contributed by atoms with E-state index in [1.54, 1.807) is 0 Å². The zero-order valence-corrected chi connectivity index (χ0v) is 15.6. The fraction of sp³-hybridized carbons (Fsp3) is 0.409. The maximum Gasteiger partial charge on any atom is 0.110 e. The Kier molecular flexibility index (Phi) is 4.56. The van der Waals surface area contributed by atoms with Gasteiger partial charge in [0.2, 0.25) is 0 Å². The molecule has 3 heteroatoms. The van der Waals surface area contributed by atoms with Crippen molar-refractivity contribution in [2.75, 3.05) is 11.9 Å². The quantitative estimate of drug-likeness (QED) is 0.658. The summed E-state index contributed by atoms with van der Waals surface area (Å²) >= 11 is 6.15. The van der Waals surface area contributed by atoms with E-state index in [4.69, 9.17) is 16.6 Å². The highest BCUT2D eigenvalue weighted by Crippen LogP contribution is 2.46. The second-order valence-electron chi connectivity index (χ2n) is 7.48. The molecule has 0 bridgehead atoms. The molecule has 0 amide bonds. The van der Waals surface area contributed by atoms with Crippen molar-refractivity contribution in [1.29, 1.82) is 0 Å². The standard InChI is InChI=1S/C22H25ClN2/c1-25-20-11-4-3-9-18(20)15-22(12-5-2-6-13-22)21(25)24-16-17-8-7-10-19(23)14-17/h3-4,7-11,14H,2,5-6,12-13,15-16H2,1H3. The summed E-state index contributed by atoms with van der Waals surface area (Å²) in [5.74, 6) is 1.27. The van der Waals surface area contributed by atoms with Gasteiger partial charge in [-0.1, -0.05) is 61.2 Å². The normalized spacial score (nSPS) is 20.7. The molecule has 2 aromatic carbocycles. The molecule has 1 heterocycles.